The van der Waals surface area contributed by atoms with Crippen LogP contribution in [0.4, 0.5) is 5.95 Å². The highest BCUT2D eigenvalue weighted by atomic mass is 127. The predicted molar refractivity (Wildman–Crippen MR) is 97.2 cm³/mol. The zero-order valence-electron chi connectivity index (χ0n) is 13.4. The Kier molecular flexibility index (Phi) is 5.86. The maximum atomic E-state index is 10.2. The average molecular weight is 429 g/mol. The van der Waals surface area contributed by atoms with E-state index in [0.717, 1.165) is 27.7 Å². The number of nitrogen functional groups attached to an aromatic ring is 1. The van der Waals surface area contributed by atoms with Crippen LogP contribution in [0.1, 0.15) is 30.2 Å². The number of hydrogen-bond acceptors (Lipinski definition) is 6. The molecule has 0 saturated heterocycles. The minimum Gasteiger partial charge on any atom is -0.493 e. The second-order valence-corrected chi connectivity index (χ2v) is 6.23. The van der Waals surface area contributed by atoms with Gasteiger partial charge in [-0.25, -0.2) is 4.98 Å². The molecule has 0 aliphatic carbocycles. The number of anilines is 1. The molecule has 0 aliphatic rings. The summed E-state index contributed by atoms with van der Waals surface area (Å²) in [7, 11) is 3.21. The molecular weight excluding hydrogens is 409 g/mol. The molecule has 0 bridgehead atoms. The molecule has 7 heteroatoms. The highest BCUT2D eigenvalue weighted by Crippen LogP contribution is 2.35. The normalized spacial score (nSPS) is 10.6. The summed E-state index contributed by atoms with van der Waals surface area (Å²) in [6.07, 6.45) is 2.14. The number of rotatable bonds is 6. The van der Waals surface area contributed by atoms with Crippen LogP contribution in [-0.2, 0) is 12.8 Å². The summed E-state index contributed by atoms with van der Waals surface area (Å²) in [6, 6.07) is 3.89. The molecule has 1 aromatic heterocycles. The first kappa shape index (κ1) is 17.6. The number of nitrogens with two attached hydrogens (primary N) is 1. The van der Waals surface area contributed by atoms with Crippen LogP contribution in [-0.4, -0.2) is 29.3 Å². The Hall–Kier alpha value is -1.77. The summed E-state index contributed by atoms with van der Waals surface area (Å²) in [5.41, 5.74) is 8.10. The van der Waals surface area contributed by atoms with Gasteiger partial charge in [0.1, 0.15) is 0 Å². The van der Waals surface area contributed by atoms with Crippen LogP contribution < -0.4 is 15.2 Å². The molecule has 6 nitrogen and oxygen atoms in total. The molecule has 0 fully saturated rings. The van der Waals surface area contributed by atoms with E-state index in [4.69, 9.17) is 15.2 Å². The highest BCUT2D eigenvalue weighted by Gasteiger charge is 2.16. The molecule has 2 rings (SSSR count). The number of methoxy groups -OCH3 is 2. The minimum atomic E-state index is -0.0641. The van der Waals surface area contributed by atoms with E-state index in [1.54, 1.807) is 14.2 Å². The fourth-order valence-electron chi connectivity index (χ4n) is 2.44. The van der Waals surface area contributed by atoms with Crippen LogP contribution in [0.25, 0.3) is 0 Å². The number of aryl methyl sites for hydroxylation is 1. The van der Waals surface area contributed by atoms with Gasteiger partial charge >= 0.3 is 0 Å². The fraction of sp³-hybridized carbons (Fsp3) is 0.375. The second-order valence-electron chi connectivity index (χ2n) is 5.07. The van der Waals surface area contributed by atoms with Gasteiger partial charge < -0.3 is 20.3 Å². The van der Waals surface area contributed by atoms with Crippen molar-refractivity contribution in [2.75, 3.05) is 20.0 Å². The van der Waals surface area contributed by atoms with Crippen molar-refractivity contribution in [1.29, 1.82) is 0 Å². The average Bonchev–Trinajstić information content (AvgIpc) is 2.50. The molecule has 23 heavy (non-hydrogen) atoms. The van der Waals surface area contributed by atoms with Gasteiger partial charge in [0.25, 0.3) is 0 Å². The number of nitrogens with zero attached hydrogens (tertiary/aromatic N) is 2. The van der Waals surface area contributed by atoms with E-state index in [2.05, 4.69) is 39.5 Å². The Balaban J connectivity index is 2.45. The van der Waals surface area contributed by atoms with Crippen molar-refractivity contribution in [3.8, 4) is 17.4 Å². The molecule has 1 heterocycles. The van der Waals surface area contributed by atoms with Crippen molar-refractivity contribution < 1.29 is 14.6 Å². The summed E-state index contributed by atoms with van der Waals surface area (Å²) in [5, 5.41) is 10.2. The first-order valence-corrected chi connectivity index (χ1v) is 8.32. The molecule has 3 N–H and O–H groups in total. The lowest BCUT2D eigenvalue weighted by atomic mass is 10.0. The molecule has 0 radical (unpaired) electrons. The monoisotopic (exact) mass is 429 g/mol. The van der Waals surface area contributed by atoms with Crippen LogP contribution >= 0.6 is 22.6 Å². The van der Waals surface area contributed by atoms with Crippen molar-refractivity contribution in [1.82, 2.24) is 9.97 Å². The molecule has 124 valence electrons. The molecule has 0 amide bonds. The number of aromatic hydroxyl groups is 1. The zero-order valence-corrected chi connectivity index (χ0v) is 15.5. The van der Waals surface area contributed by atoms with E-state index in [9.17, 15) is 5.11 Å². The summed E-state index contributed by atoms with van der Waals surface area (Å²) < 4.78 is 11.7. The van der Waals surface area contributed by atoms with Gasteiger partial charge in [0.15, 0.2) is 11.5 Å². The van der Waals surface area contributed by atoms with Crippen molar-refractivity contribution >= 4 is 28.5 Å². The SMILES string of the molecule is CCCc1nc(N)nc(O)c1Cc1cc(I)c(OC)c(OC)c1. The Labute approximate surface area is 149 Å². The van der Waals surface area contributed by atoms with Gasteiger partial charge in [-0.05, 0) is 46.7 Å². The van der Waals surface area contributed by atoms with E-state index < -0.39 is 0 Å². The lowest BCUT2D eigenvalue weighted by molar-refractivity contribution is 0.352. The van der Waals surface area contributed by atoms with Crippen molar-refractivity contribution in [3.63, 3.8) is 0 Å². The largest absolute Gasteiger partial charge is 0.493 e. The molecule has 1 aromatic carbocycles. The molecule has 0 spiro atoms. The topological polar surface area (TPSA) is 90.5 Å². The third-order valence-corrected chi connectivity index (χ3v) is 4.25. The zero-order chi connectivity index (χ0) is 17.0. The Morgan fingerprint density at radius 2 is 1.96 bits per heavy atom. The Morgan fingerprint density at radius 3 is 2.57 bits per heavy atom. The standard InChI is InChI=1S/C16H20IN3O3/c1-4-5-12-10(15(21)20-16(18)19-12)6-9-7-11(17)14(23-3)13(8-9)22-2/h7-8H,4-6H2,1-3H3,(H3,18,19,20,21). The summed E-state index contributed by atoms with van der Waals surface area (Å²) in [4.78, 5) is 8.14. The smallest absolute Gasteiger partial charge is 0.223 e. The third kappa shape index (κ3) is 3.95. The van der Waals surface area contributed by atoms with Gasteiger partial charge in [-0.1, -0.05) is 13.3 Å². The first-order valence-electron chi connectivity index (χ1n) is 7.24. The Morgan fingerprint density at radius 1 is 1.22 bits per heavy atom. The van der Waals surface area contributed by atoms with Gasteiger partial charge in [-0.15, -0.1) is 0 Å². The van der Waals surface area contributed by atoms with Crippen LogP contribution in [0, 0.1) is 3.57 Å². The highest BCUT2D eigenvalue weighted by molar-refractivity contribution is 14.1. The summed E-state index contributed by atoms with van der Waals surface area (Å²) in [6.45, 7) is 2.05. The number of aromatic nitrogens is 2. The van der Waals surface area contributed by atoms with Gasteiger partial charge in [-0.3, -0.25) is 0 Å². The van der Waals surface area contributed by atoms with Crippen LogP contribution in [0.15, 0.2) is 12.1 Å². The van der Waals surface area contributed by atoms with E-state index >= 15 is 0 Å². The first-order chi connectivity index (χ1) is 11.0. The maximum absolute atomic E-state index is 10.2. The van der Waals surface area contributed by atoms with Crippen molar-refractivity contribution in [2.24, 2.45) is 0 Å². The van der Waals surface area contributed by atoms with E-state index in [1.165, 1.54) is 0 Å². The van der Waals surface area contributed by atoms with E-state index in [-0.39, 0.29) is 11.8 Å². The minimum absolute atomic E-state index is 0.0641. The van der Waals surface area contributed by atoms with Crippen LogP contribution in [0.3, 0.4) is 0 Å². The lowest BCUT2D eigenvalue weighted by Crippen LogP contribution is -2.06. The summed E-state index contributed by atoms with van der Waals surface area (Å²) in [5.74, 6) is 1.38. The van der Waals surface area contributed by atoms with Crippen LogP contribution in [0.5, 0.6) is 17.4 Å². The molecule has 0 aliphatic heterocycles. The number of benzene rings is 1. The fourth-order valence-corrected chi connectivity index (χ4v) is 3.32. The molecule has 0 unspecified atom stereocenters. The number of ether oxygens (including phenoxy) is 2. The molecule has 0 atom stereocenters. The van der Waals surface area contributed by atoms with Gasteiger partial charge in [0, 0.05) is 12.0 Å². The maximum Gasteiger partial charge on any atom is 0.223 e. The third-order valence-electron chi connectivity index (χ3n) is 3.45. The van der Waals surface area contributed by atoms with Crippen molar-refractivity contribution in [3.05, 3.63) is 32.5 Å². The Bertz CT molecular complexity index is 707. The van der Waals surface area contributed by atoms with Crippen LogP contribution in [0.2, 0.25) is 0 Å². The predicted octanol–water partition coefficient (Wildman–Crippen LogP) is 2.93. The molecular formula is C16H20IN3O3. The van der Waals surface area contributed by atoms with Gasteiger partial charge in [-0.2, -0.15) is 4.98 Å². The molecule has 2 aromatic rings. The summed E-state index contributed by atoms with van der Waals surface area (Å²) >= 11 is 2.20. The van der Waals surface area contributed by atoms with Gasteiger partial charge in [0.2, 0.25) is 11.8 Å². The van der Waals surface area contributed by atoms with E-state index in [0.29, 0.717) is 23.5 Å². The van der Waals surface area contributed by atoms with E-state index in [1.807, 2.05) is 12.1 Å². The van der Waals surface area contributed by atoms with Gasteiger partial charge in [0.05, 0.1) is 23.5 Å². The lowest BCUT2D eigenvalue weighted by Gasteiger charge is -2.14. The van der Waals surface area contributed by atoms with Crippen molar-refractivity contribution in [2.45, 2.75) is 26.2 Å². The number of halogens is 1. The second kappa shape index (κ2) is 7.67. The molecule has 0 saturated carbocycles. The number of hydrogen-bond donors (Lipinski definition) is 2. The quantitative estimate of drug-likeness (QED) is 0.687.